The third-order valence-electron chi connectivity index (χ3n) is 4.84. The number of hydrogen-bond donors (Lipinski definition) is 2. The van der Waals surface area contributed by atoms with Crippen LogP contribution < -0.4 is 10.6 Å². The highest BCUT2D eigenvalue weighted by Crippen LogP contribution is 2.22. The highest BCUT2D eigenvalue weighted by atomic mass is 127. The molecule has 2 N–H and O–H groups in total. The van der Waals surface area contributed by atoms with Gasteiger partial charge in [0.2, 0.25) is 11.8 Å². The fraction of sp³-hybridized carbons (Fsp3) is 0.476. The maximum absolute atomic E-state index is 12.5. The molecule has 158 valence electrons. The molecule has 0 radical (unpaired) electrons. The predicted octanol–water partition coefficient (Wildman–Crippen LogP) is 3.29. The average molecular weight is 511 g/mol. The molecule has 0 saturated heterocycles. The van der Waals surface area contributed by atoms with Gasteiger partial charge in [0.05, 0.1) is 5.69 Å². The number of carbonyl (C=O) groups excluding carboxylic acids is 1. The molecule has 0 aliphatic carbocycles. The summed E-state index contributed by atoms with van der Waals surface area (Å²) in [4.78, 5) is 23.2. The number of aromatic nitrogens is 1. The van der Waals surface area contributed by atoms with Crippen molar-refractivity contribution in [3.8, 4) is 0 Å². The molecule has 1 aliphatic heterocycles. The maximum atomic E-state index is 12.5. The zero-order valence-corrected chi connectivity index (χ0v) is 19.7. The summed E-state index contributed by atoms with van der Waals surface area (Å²) in [5.74, 6) is 2.34. The Morgan fingerprint density at radius 1 is 1.21 bits per heavy atom. The van der Waals surface area contributed by atoms with Crippen LogP contribution in [0.15, 0.2) is 33.7 Å². The van der Waals surface area contributed by atoms with Crippen molar-refractivity contribution in [2.45, 2.75) is 53.2 Å². The molecule has 2 heterocycles. The molecule has 29 heavy (non-hydrogen) atoms. The summed E-state index contributed by atoms with van der Waals surface area (Å²) in [5, 5.41) is 6.48. The maximum Gasteiger partial charge on any atom is 0.223 e. The number of nitrogens with zero attached hydrogens (tertiary/aromatic N) is 3. The van der Waals surface area contributed by atoms with E-state index in [-0.39, 0.29) is 29.9 Å². The average Bonchev–Trinajstić information content (AvgIpc) is 3.26. The first-order valence-electron chi connectivity index (χ1n) is 9.86. The van der Waals surface area contributed by atoms with Crippen molar-refractivity contribution in [2.24, 2.45) is 4.99 Å². The molecule has 0 atom stereocenters. The number of carbonyl (C=O) groups is 1. The Bertz CT molecular complexity index is 805. The van der Waals surface area contributed by atoms with Gasteiger partial charge in [-0.25, -0.2) is 9.98 Å². The van der Waals surface area contributed by atoms with Crippen molar-refractivity contribution >= 4 is 35.8 Å². The van der Waals surface area contributed by atoms with E-state index in [1.165, 1.54) is 11.1 Å². The van der Waals surface area contributed by atoms with E-state index in [2.05, 4.69) is 32.7 Å². The van der Waals surface area contributed by atoms with Gasteiger partial charge in [-0.15, -0.1) is 24.0 Å². The number of fused-ring (bicyclic) bond motifs is 1. The van der Waals surface area contributed by atoms with E-state index in [1.54, 1.807) is 0 Å². The molecule has 1 amide bonds. The van der Waals surface area contributed by atoms with E-state index < -0.39 is 0 Å². The fourth-order valence-electron chi connectivity index (χ4n) is 3.21. The minimum absolute atomic E-state index is 0. The van der Waals surface area contributed by atoms with Crippen LogP contribution in [0.5, 0.6) is 0 Å². The van der Waals surface area contributed by atoms with E-state index in [4.69, 9.17) is 4.42 Å². The predicted molar refractivity (Wildman–Crippen MR) is 124 cm³/mol. The summed E-state index contributed by atoms with van der Waals surface area (Å²) in [6, 6.07) is 8.25. The number of hydrogen-bond acceptors (Lipinski definition) is 4. The number of oxazole rings is 1. The summed E-state index contributed by atoms with van der Waals surface area (Å²) < 4.78 is 5.56. The summed E-state index contributed by atoms with van der Waals surface area (Å²) in [7, 11) is 0. The van der Waals surface area contributed by atoms with Crippen LogP contribution >= 0.6 is 24.0 Å². The SMILES string of the molecule is CCNC(=NCc1nc(C)c(C)o1)NCCCC(=O)N1Cc2ccccc2C1.I. The molecule has 0 spiro atoms. The van der Waals surface area contributed by atoms with Gasteiger partial charge in [-0.2, -0.15) is 0 Å². The van der Waals surface area contributed by atoms with Crippen LogP contribution in [-0.4, -0.2) is 34.8 Å². The number of guanidine groups is 1. The topological polar surface area (TPSA) is 82.8 Å². The normalized spacial score (nSPS) is 13.1. The monoisotopic (exact) mass is 511 g/mol. The van der Waals surface area contributed by atoms with E-state index in [0.29, 0.717) is 31.4 Å². The molecule has 1 aliphatic rings. The molecule has 1 aromatic carbocycles. The number of benzene rings is 1. The lowest BCUT2D eigenvalue weighted by molar-refractivity contribution is -0.131. The number of aliphatic imine (C=N–C) groups is 1. The van der Waals surface area contributed by atoms with E-state index >= 15 is 0 Å². The van der Waals surface area contributed by atoms with Crippen molar-refractivity contribution in [1.82, 2.24) is 20.5 Å². The van der Waals surface area contributed by atoms with Crippen LogP contribution in [0, 0.1) is 13.8 Å². The van der Waals surface area contributed by atoms with Gasteiger partial charge < -0.3 is 20.0 Å². The van der Waals surface area contributed by atoms with Gasteiger partial charge in [-0.3, -0.25) is 4.79 Å². The number of rotatable bonds is 7. The lowest BCUT2D eigenvalue weighted by atomic mass is 10.1. The molecule has 8 heteroatoms. The second-order valence-corrected chi connectivity index (χ2v) is 6.99. The van der Waals surface area contributed by atoms with Gasteiger partial charge in [-0.1, -0.05) is 24.3 Å². The summed E-state index contributed by atoms with van der Waals surface area (Å²) in [6.45, 7) is 9.12. The number of nitrogens with one attached hydrogen (secondary N) is 2. The quantitative estimate of drug-likeness (QED) is 0.258. The molecule has 0 saturated carbocycles. The molecular weight excluding hydrogens is 481 g/mol. The third kappa shape index (κ3) is 6.45. The Labute approximate surface area is 189 Å². The second kappa shape index (κ2) is 11.2. The number of aryl methyl sites for hydroxylation is 2. The Balaban J connectivity index is 0.00000300. The molecule has 0 unspecified atom stereocenters. The fourth-order valence-corrected chi connectivity index (χ4v) is 3.21. The number of halogens is 1. The highest BCUT2D eigenvalue weighted by molar-refractivity contribution is 14.0. The van der Waals surface area contributed by atoms with Gasteiger partial charge in [0.15, 0.2) is 5.96 Å². The van der Waals surface area contributed by atoms with Crippen molar-refractivity contribution in [3.63, 3.8) is 0 Å². The van der Waals surface area contributed by atoms with Crippen molar-refractivity contribution < 1.29 is 9.21 Å². The Kier molecular flexibility index (Phi) is 8.94. The Morgan fingerprint density at radius 2 is 1.90 bits per heavy atom. The van der Waals surface area contributed by atoms with Crippen molar-refractivity contribution in [3.05, 3.63) is 52.7 Å². The smallest absolute Gasteiger partial charge is 0.223 e. The molecule has 1 aromatic heterocycles. The first-order chi connectivity index (χ1) is 13.6. The first kappa shape index (κ1) is 23.2. The second-order valence-electron chi connectivity index (χ2n) is 6.99. The van der Waals surface area contributed by atoms with Gasteiger partial charge in [0.1, 0.15) is 12.3 Å². The van der Waals surface area contributed by atoms with Crippen molar-refractivity contribution in [1.29, 1.82) is 0 Å². The number of amides is 1. The minimum Gasteiger partial charge on any atom is -0.444 e. The van der Waals surface area contributed by atoms with E-state index in [1.807, 2.05) is 37.8 Å². The van der Waals surface area contributed by atoms with Gasteiger partial charge >= 0.3 is 0 Å². The molecule has 3 rings (SSSR count). The largest absolute Gasteiger partial charge is 0.444 e. The van der Waals surface area contributed by atoms with Crippen LogP contribution in [0.3, 0.4) is 0 Å². The van der Waals surface area contributed by atoms with Crippen LogP contribution in [-0.2, 0) is 24.4 Å². The molecule has 0 fully saturated rings. The van der Waals surface area contributed by atoms with Gasteiger partial charge in [0, 0.05) is 32.6 Å². The lowest BCUT2D eigenvalue weighted by Crippen LogP contribution is -2.38. The van der Waals surface area contributed by atoms with Crippen LogP contribution in [0.4, 0.5) is 0 Å². The van der Waals surface area contributed by atoms with Crippen LogP contribution in [0.2, 0.25) is 0 Å². The summed E-state index contributed by atoms with van der Waals surface area (Å²) >= 11 is 0. The molecular formula is C21H30IN5O2. The van der Waals surface area contributed by atoms with E-state index in [0.717, 1.165) is 37.5 Å². The third-order valence-corrected chi connectivity index (χ3v) is 4.84. The molecule has 7 nitrogen and oxygen atoms in total. The van der Waals surface area contributed by atoms with Crippen LogP contribution in [0.25, 0.3) is 0 Å². The van der Waals surface area contributed by atoms with Gasteiger partial charge in [-0.05, 0) is 38.3 Å². The molecule has 0 bridgehead atoms. The standard InChI is InChI=1S/C21H29N5O2.HI/c1-4-22-21(24-12-19-25-15(2)16(3)28-19)23-11-7-10-20(27)26-13-17-8-5-6-9-18(17)14-26;/h5-6,8-9H,4,7,10-14H2,1-3H3,(H2,22,23,24);1H. The van der Waals surface area contributed by atoms with Crippen molar-refractivity contribution in [2.75, 3.05) is 13.1 Å². The Hall–Kier alpha value is -2.10. The summed E-state index contributed by atoms with van der Waals surface area (Å²) in [5.41, 5.74) is 3.41. The lowest BCUT2D eigenvalue weighted by Gasteiger charge is -2.16. The van der Waals surface area contributed by atoms with Gasteiger partial charge in [0.25, 0.3) is 0 Å². The highest BCUT2D eigenvalue weighted by Gasteiger charge is 2.22. The first-order valence-corrected chi connectivity index (χ1v) is 9.86. The van der Waals surface area contributed by atoms with E-state index in [9.17, 15) is 4.79 Å². The Morgan fingerprint density at radius 3 is 2.48 bits per heavy atom. The molecule has 2 aromatic rings. The zero-order chi connectivity index (χ0) is 19.9. The minimum atomic E-state index is 0. The zero-order valence-electron chi connectivity index (χ0n) is 17.3. The van der Waals surface area contributed by atoms with Crippen LogP contribution in [0.1, 0.15) is 48.2 Å². The summed E-state index contributed by atoms with van der Waals surface area (Å²) in [6.07, 6.45) is 1.28.